The van der Waals surface area contributed by atoms with Gasteiger partial charge in [0.15, 0.2) is 0 Å². The highest BCUT2D eigenvalue weighted by atomic mass is 32.2. The van der Waals surface area contributed by atoms with E-state index in [1.807, 2.05) is 43.5 Å². The van der Waals surface area contributed by atoms with Gasteiger partial charge in [0, 0.05) is 35.4 Å². The number of aromatic nitrogens is 2. The number of nitrogens with zero attached hydrogens (tertiary/aromatic N) is 3. The number of urea groups is 1. The highest BCUT2D eigenvalue weighted by Gasteiger charge is 2.14. The molecule has 6 nitrogen and oxygen atoms in total. The van der Waals surface area contributed by atoms with Gasteiger partial charge in [-0.15, -0.1) is 11.8 Å². The van der Waals surface area contributed by atoms with Crippen molar-refractivity contribution in [3.8, 4) is 0 Å². The van der Waals surface area contributed by atoms with Gasteiger partial charge in [0.2, 0.25) is 0 Å². The van der Waals surface area contributed by atoms with E-state index in [1.54, 1.807) is 11.8 Å². The minimum Gasteiger partial charge on any atom is -0.357 e. The van der Waals surface area contributed by atoms with Crippen molar-refractivity contribution in [3.63, 3.8) is 0 Å². The molecule has 3 rings (SSSR count). The molecular weight excluding hydrogens is 346 g/mol. The number of piperidine rings is 1. The van der Waals surface area contributed by atoms with E-state index in [0.29, 0.717) is 12.4 Å². The molecule has 7 heteroatoms. The molecule has 1 fully saturated rings. The van der Waals surface area contributed by atoms with Gasteiger partial charge in [0.1, 0.15) is 11.6 Å². The number of nitrogens with one attached hydrogen (secondary N) is 2. The summed E-state index contributed by atoms with van der Waals surface area (Å²) in [6.07, 6.45) is 5.70. The van der Waals surface area contributed by atoms with Gasteiger partial charge in [-0.25, -0.2) is 14.8 Å². The largest absolute Gasteiger partial charge is 0.357 e. The van der Waals surface area contributed by atoms with E-state index >= 15 is 0 Å². The van der Waals surface area contributed by atoms with E-state index in [2.05, 4.69) is 25.5 Å². The lowest BCUT2D eigenvalue weighted by Gasteiger charge is -2.28. The van der Waals surface area contributed by atoms with Gasteiger partial charge in [0.25, 0.3) is 0 Å². The Bertz CT molecular complexity index is 761. The first kappa shape index (κ1) is 18.5. The van der Waals surface area contributed by atoms with Crippen LogP contribution in [0.15, 0.2) is 35.2 Å². The van der Waals surface area contributed by atoms with Crippen LogP contribution in [0.5, 0.6) is 0 Å². The maximum atomic E-state index is 12.2. The lowest BCUT2D eigenvalue weighted by Crippen LogP contribution is -2.32. The summed E-state index contributed by atoms with van der Waals surface area (Å²) in [4.78, 5) is 24.7. The second kappa shape index (κ2) is 8.89. The third kappa shape index (κ3) is 5.11. The van der Waals surface area contributed by atoms with Crippen LogP contribution in [0, 0.1) is 6.92 Å². The fourth-order valence-electron chi connectivity index (χ4n) is 3.01. The van der Waals surface area contributed by atoms with Crippen LogP contribution >= 0.6 is 11.8 Å². The summed E-state index contributed by atoms with van der Waals surface area (Å²) in [7, 11) is 0. The number of benzene rings is 1. The molecule has 0 bridgehead atoms. The van der Waals surface area contributed by atoms with Crippen LogP contribution in [0.3, 0.4) is 0 Å². The number of aryl methyl sites for hydroxylation is 1. The summed E-state index contributed by atoms with van der Waals surface area (Å²) >= 11 is 1.64. The standard InChI is InChI=1S/C19H25N5OS/c1-14-11-18(24-9-4-3-5-10-24)23-17(21-14)13-20-19(25)22-15-7-6-8-16(12-15)26-2/h6-8,11-12H,3-5,9-10,13H2,1-2H3,(H2,20,22,25). The Morgan fingerprint density at radius 1 is 1.19 bits per heavy atom. The summed E-state index contributed by atoms with van der Waals surface area (Å²) in [6, 6.07) is 9.52. The molecule has 0 spiro atoms. The SMILES string of the molecule is CSc1cccc(NC(=O)NCc2nc(C)cc(N3CCCCC3)n2)c1. The Labute approximate surface area is 158 Å². The molecular formula is C19H25N5OS. The number of thioether (sulfide) groups is 1. The first-order valence-electron chi connectivity index (χ1n) is 8.92. The molecule has 0 atom stereocenters. The molecule has 0 aliphatic carbocycles. The number of rotatable bonds is 5. The normalized spacial score (nSPS) is 14.2. The zero-order valence-electron chi connectivity index (χ0n) is 15.3. The third-order valence-electron chi connectivity index (χ3n) is 4.30. The number of hydrogen-bond acceptors (Lipinski definition) is 5. The molecule has 1 aromatic heterocycles. The van der Waals surface area contributed by atoms with Crippen molar-refractivity contribution in [3.05, 3.63) is 41.9 Å². The predicted octanol–water partition coefficient (Wildman–Crippen LogP) is 3.82. The Kier molecular flexibility index (Phi) is 6.33. The van der Waals surface area contributed by atoms with Gasteiger partial charge < -0.3 is 15.5 Å². The van der Waals surface area contributed by atoms with Crippen molar-refractivity contribution in [1.29, 1.82) is 0 Å². The summed E-state index contributed by atoms with van der Waals surface area (Å²) < 4.78 is 0. The predicted molar refractivity (Wildman–Crippen MR) is 107 cm³/mol. The molecule has 1 saturated heterocycles. The summed E-state index contributed by atoms with van der Waals surface area (Å²) in [5, 5.41) is 5.69. The molecule has 1 aromatic carbocycles. The Morgan fingerprint density at radius 2 is 2.00 bits per heavy atom. The summed E-state index contributed by atoms with van der Waals surface area (Å²) in [6.45, 7) is 4.34. The minimum absolute atomic E-state index is 0.257. The average molecular weight is 372 g/mol. The van der Waals surface area contributed by atoms with Crippen LogP contribution < -0.4 is 15.5 Å². The van der Waals surface area contributed by atoms with Crippen molar-refractivity contribution in [1.82, 2.24) is 15.3 Å². The van der Waals surface area contributed by atoms with Gasteiger partial charge >= 0.3 is 6.03 Å². The quantitative estimate of drug-likeness (QED) is 0.782. The number of carbonyl (C=O) groups is 1. The first-order valence-corrected chi connectivity index (χ1v) is 10.1. The van der Waals surface area contributed by atoms with Crippen LogP contribution in [0.2, 0.25) is 0 Å². The number of hydrogen-bond donors (Lipinski definition) is 2. The molecule has 2 N–H and O–H groups in total. The monoisotopic (exact) mass is 371 g/mol. The second-order valence-corrected chi connectivity index (χ2v) is 7.25. The topological polar surface area (TPSA) is 70.2 Å². The summed E-state index contributed by atoms with van der Waals surface area (Å²) in [5.41, 5.74) is 1.69. The Hall–Kier alpha value is -2.28. The van der Waals surface area contributed by atoms with E-state index in [1.165, 1.54) is 19.3 Å². The molecule has 2 heterocycles. The van der Waals surface area contributed by atoms with Crippen molar-refractivity contribution >= 4 is 29.3 Å². The molecule has 0 saturated carbocycles. The number of amides is 2. The highest BCUT2D eigenvalue weighted by molar-refractivity contribution is 7.98. The van der Waals surface area contributed by atoms with Gasteiger partial charge in [0.05, 0.1) is 6.54 Å². The molecule has 2 amide bonds. The number of carbonyl (C=O) groups excluding carboxylic acids is 1. The number of anilines is 2. The molecule has 1 aliphatic rings. The maximum absolute atomic E-state index is 12.2. The Morgan fingerprint density at radius 3 is 2.77 bits per heavy atom. The van der Waals surface area contributed by atoms with Gasteiger partial charge in [-0.2, -0.15) is 0 Å². The molecule has 0 unspecified atom stereocenters. The molecule has 0 radical (unpaired) electrons. The molecule has 138 valence electrons. The highest BCUT2D eigenvalue weighted by Crippen LogP contribution is 2.19. The van der Waals surface area contributed by atoms with Crippen molar-refractivity contribution < 1.29 is 4.79 Å². The van der Waals surface area contributed by atoms with E-state index in [4.69, 9.17) is 0 Å². The minimum atomic E-state index is -0.257. The van der Waals surface area contributed by atoms with Crippen molar-refractivity contribution in [2.45, 2.75) is 37.6 Å². The van der Waals surface area contributed by atoms with Crippen molar-refractivity contribution in [2.24, 2.45) is 0 Å². The Balaban J connectivity index is 1.59. The van der Waals surface area contributed by atoms with Gasteiger partial charge in [-0.05, 0) is 50.6 Å². The van der Waals surface area contributed by atoms with Crippen LogP contribution in [0.25, 0.3) is 0 Å². The van der Waals surface area contributed by atoms with E-state index in [0.717, 1.165) is 35.2 Å². The van der Waals surface area contributed by atoms with Crippen LogP contribution in [0.4, 0.5) is 16.3 Å². The maximum Gasteiger partial charge on any atom is 0.319 e. The zero-order chi connectivity index (χ0) is 18.4. The molecule has 26 heavy (non-hydrogen) atoms. The zero-order valence-corrected chi connectivity index (χ0v) is 16.1. The molecule has 2 aromatic rings. The van der Waals surface area contributed by atoms with E-state index < -0.39 is 0 Å². The fourth-order valence-corrected chi connectivity index (χ4v) is 3.47. The molecule has 1 aliphatic heterocycles. The van der Waals surface area contributed by atoms with Gasteiger partial charge in [-0.1, -0.05) is 6.07 Å². The first-order chi connectivity index (χ1) is 12.6. The second-order valence-electron chi connectivity index (χ2n) is 6.37. The van der Waals surface area contributed by atoms with Gasteiger partial charge in [-0.3, -0.25) is 0 Å². The third-order valence-corrected chi connectivity index (χ3v) is 5.03. The van der Waals surface area contributed by atoms with E-state index in [9.17, 15) is 4.79 Å². The fraction of sp³-hybridized carbons (Fsp3) is 0.421. The average Bonchev–Trinajstić information content (AvgIpc) is 2.67. The summed E-state index contributed by atoms with van der Waals surface area (Å²) in [5.74, 6) is 1.60. The van der Waals surface area contributed by atoms with Crippen molar-refractivity contribution in [2.75, 3.05) is 29.6 Å². The van der Waals surface area contributed by atoms with Crippen LogP contribution in [-0.4, -0.2) is 35.3 Å². The lowest BCUT2D eigenvalue weighted by atomic mass is 10.1. The van der Waals surface area contributed by atoms with Crippen LogP contribution in [-0.2, 0) is 6.54 Å². The lowest BCUT2D eigenvalue weighted by molar-refractivity contribution is 0.251. The van der Waals surface area contributed by atoms with E-state index in [-0.39, 0.29) is 6.03 Å². The smallest absolute Gasteiger partial charge is 0.319 e. The van der Waals surface area contributed by atoms with Crippen LogP contribution in [0.1, 0.15) is 30.8 Å².